The molecule has 0 saturated heterocycles. The summed E-state index contributed by atoms with van der Waals surface area (Å²) in [7, 11) is 1.50. The quantitative estimate of drug-likeness (QED) is 0.398. The summed E-state index contributed by atoms with van der Waals surface area (Å²) in [6.07, 6.45) is 5.18. The number of nitrogens with zero attached hydrogens (tertiary/aromatic N) is 2. The van der Waals surface area contributed by atoms with Crippen molar-refractivity contribution < 1.29 is 19.2 Å². The number of benzene rings is 1. The first-order chi connectivity index (χ1) is 13.3. The van der Waals surface area contributed by atoms with Crippen molar-refractivity contribution in [3.05, 3.63) is 57.4 Å². The number of ether oxygens (including phenoxy) is 2. The van der Waals surface area contributed by atoms with Crippen LogP contribution in [0.5, 0.6) is 11.5 Å². The third-order valence-electron chi connectivity index (χ3n) is 3.49. The summed E-state index contributed by atoms with van der Waals surface area (Å²) in [5.41, 5.74) is 0.376. The molecule has 1 amide bonds. The number of aromatic nitrogens is 1. The van der Waals surface area contributed by atoms with E-state index < -0.39 is 10.8 Å². The molecule has 1 aromatic carbocycles. The van der Waals surface area contributed by atoms with E-state index in [0.717, 1.165) is 6.20 Å². The number of nitrogens with one attached hydrogen (secondary N) is 1. The molecule has 0 saturated carbocycles. The third-order valence-corrected chi connectivity index (χ3v) is 3.78. The van der Waals surface area contributed by atoms with Crippen molar-refractivity contribution in [2.24, 2.45) is 5.92 Å². The van der Waals surface area contributed by atoms with Gasteiger partial charge in [0.2, 0.25) is 5.91 Å². The Morgan fingerprint density at radius 2 is 2.18 bits per heavy atom. The number of methoxy groups -OCH3 is 1. The first-order valence-corrected chi connectivity index (χ1v) is 8.77. The highest BCUT2D eigenvalue weighted by atomic mass is 35.5. The van der Waals surface area contributed by atoms with Crippen molar-refractivity contribution in [2.45, 2.75) is 13.8 Å². The van der Waals surface area contributed by atoms with Crippen LogP contribution in [-0.2, 0) is 4.79 Å². The molecule has 9 heteroatoms. The van der Waals surface area contributed by atoms with Crippen LogP contribution in [0.4, 0.5) is 11.4 Å². The van der Waals surface area contributed by atoms with Gasteiger partial charge in [0.05, 0.1) is 23.7 Å². The van der Waals surface area contributed by atoms with E-state index in [4.69, 9.17) is 21.1 Å². The Labute approximate surface area is 167 Å². The zero-order valence-corrected chi connectivity index (χ0v) is 16.4. The standard InChI is InChI=1S/C19H20ClN3O5/c1-12(2)11-28-19-14(20)8-13(9-17(19)27-3)4-5-18(24)22-15-6-7-21-10-16(15)23(25)26/h4-10,12H,11H2,1-3H3,(H,21,22,24)/b5-4+. The number of rotatable bonds is 8. The van der Waals surface area contributed by atoms with Crippen molar-refractivity contribution in [1.82, 2.24) is 4.98 Å². The van der Waals surface area contributed by atoms with Crippen LogP contribution in [0.2, 0.25) is 5.02 Å². The maximum absolute atomic E-state index is 12.1. The molecule has 0 unspecified atom stereocenters. The molecule has 148 valence electrons. The summed E-state index contributed by atoms with van der Waals surface area (Å²) in [4.78, 5) is 26.1. The molecule has 2 rings (SSSR count). The topological polar surface area (TPSA) is 104 Å². The van der Waals surface area contributed by atoms with E-state index >= 15 is 0 Å². The van der Waals surface area contributed by atoms with Gasteiger partial charge in [0, 0.05) is 12.3 Å². The maximum Gasteiger partial charge on any atom is 0.310 e. The number of halogens is 1. The number of amides is 1. The average Bonchev–Trinajstić information content (AvgIpc) is 2.65. The predicted octanol–water partition coefficient (Wildman–Crippen LogP) is 4.34. The Morgan fingerprint density at radius 3 is 2.82 bits per heavy atom. The van der Waals surface area contributed by atoms with Crippen molar-refractivity contribution in [3.63, 3.8) is 0 Å². The van der Waals surface area contributed by atoms with Gasteiger partial charge in [0.1, 0.15) is 11.9 Å². The molecule has 1 aromatic heterocycles. The zero-order valence-electron chi connectivity index (χ0n) is 15.6. The fourth-order valence-corrected chi connectivity index (χ4v) is 2.48. The number of pyridine rings is 1. The van der Waals surface area contributed by atoms with Crippen LogP contribution < -0.4 is 14.8 Å². The van der Waals surface area contributed by atoms with Crippen LogP contribution >= 0.6 is 11.6 Å². The van der Waals surface area contributed by atoms with Crippen molar-refractivity contribution >= 4 is 35.0 Å². The van der Waals surface area contributed by atoms with Gasteiger partial charge in [-0.15, -0.1) is 0 Å². The van der Waals surface area contributed by atoms with E-state index in [1.165, 1.54) is 31.5 Å². The summed E-state index contributed by atoms with van der Waals surface area (Å²) in [5, 5.41) is 13.8. The van der Waals surface area contributed by atoms with Crippen LogP contribution in [0.1, 0.15) is 19.4 Å². The lowest BCUT2D eigenvalue weighted by Crippen LogP contribution is -2.09. The lowest BCUT2D eigenvalue weighted by atomic mass is 10.1. The van der Waals surface area contributed by atoms with Gasteiger partial charge in [0.15, 0.2) is 11.5 Å². The number of hydrogen-bond acceptors (Lipinski definition) is 6. The first kappa shape index (κ1) is 21.2. The van der Waals surface area contributed by atoms with E-state index in [2.05, 4.69) is 10.3 Å². The number of anilines is 1. The van der Waals surface area contributed by atoms with Gasteiger partial charge in [-0.3, -0.25) is 19.9 Å². The molecule has 0 atom stereocenters. The number of carbonyl (C=O) groups is 1. The molecule has 28 heavy (non-hydrogen) atoms. The summed E-state index contributed by atoms with van der Waals surface area (Å²) >= 11 is 6.28. The van der Waals surface area contributed by atoms with E-state index in [1.54, 1.807) is 12.1 Å². The first-order valence-electron chi connectivity index (χ1n) is 8.39. The second kappa shape index (κ2) is 9.70. The Bertz CT molecular complexity index is 899. The highest BCUT2D eigenvalue weighted by molar-refractivity contribution is 6.32. The summed E-state index contributed by atoms with van der Waals surface area (Å²) < 4.78 is 11.0. The van der Waals surface area contributed by atoms with Crippen LogP contribution in [0, 0.1) is 16.0 Å². The fraction of sp³-hybridized carbons (Fsp3) is 0.263. The lowest BCUT2D eigenvalue weighted by molar-refractivity contribution is -0.384. The molecular formula is C19H20ClN3O5. The molecule has 0 aliphatic rings. The SMILES string of the molecule is COc1cc(/C=C/C(=O)Nc2ccncc2[N+](=O)[O-])cc(Cl)c1OCC(C)C. The highest BCUT2D eigenvalue weighted by Crippen LogP contribution is 2.37. The Hall–Kier alpha value is -3.13. The lowest BCUT2D eigenvalue weighted by Gasteiger charge is -2.14. The molecule has 1 heterocycles. The van der Waals surface area contributed by atoms with Crippen LogP contribution in [0.3, 0.4) is 0 Å². The molecule has 2 aromatic rings. The molecule has 0 fully saturated rings. The Morgan fingerprint density at radius 1 is 1.43 bits per heavy atom. The van der Waals surface area contributed by atoms with Gasteiger partial charge < -0.3 is 14.8 Å². The van der Waals surface area contributed by atoms with Gasteiger partial charge in [-0.2, -0.15) is 0 Å². The van der Waals surface area contributed by atoms with Gasteiger partial charge in [-0.1, -0.05) is 25.4 Å². The molecule has 0 aliphatic carbocycles. The van der Waals surface area contributed by atoms with Gasteiger partial charge in [-0.25, -0.2) is 0 Å². The average molecular weight is 406 g/mol. The summed E-state index contributed by atoms with van der Waals surface area (Å²) in [5.74, 6) is 0.663. The van der Waals surface area contributed by atoms with Crippen molar-refractivity contribution in [1.29, 1.82) is 0 Å². The highest BCUT2D eigenvalue weighted by Gasteiger charge is 2.15. The summed E-state index contributed by atoms with van der Waals surface area (Å²) in [6.45, 7) is 4.52. The van der Waals surface area contributed by atoms with Crippen molar-refractivity contribution in [2.75, 3.05) is 19.0 Å². The van der Waals surface area contributed by atoms with Gasteiger partial charge in [-0.05, 0) is 35.8 Å². The predicted molar refractivity (Wildman–Crippen MR) is 107 cm³/mol. The number of hydrogen-bond donors (Lipinski definition) is 1. The maximum atomic E-state index is 12.1. The van der Waals surface area contributed by atoms with Crippen molar-refractivity contribution in [3.8, 4) is 11.5 Å². The minimum atomic E-state index is -0.618. The third kappa shape index (κ3) is 5.68. The number of carbonyl (C=O) groups excluding carboxylic acids is 1. The second-order valence-electron chi connectivity index (χ2n) is 6.21. The normalized spacial score (nSPS) is 10.9. The van der Waals surface area contributed by atoms with Gasteiger partial charge in [0.25, 0.3) is 0 Å². The van der Waals surface area contributed by atoms with Gasteiger partial charge >= 0.3 is 5.69 Å². The molecule has 8 nitrogen and oxygen atoms in total. The van der Waals surface area contributed by atoms with E-state index in [-0.39, 0.29) is 11.4 Å². The van der Waals surface area contributed by atoms with Crippen LogP contribution in [0.25, 0.3) is 6.08 Å². The summed E-state index contributed by atoms with van der Waals surface area (Å²) in [6, 6.07) is 4.67. The Balaban J connectivity index is 2.16. The Kier molecular flexibility index (Phi) is 7.34. The molecular weight excluding hydrogens is 386 g/mol. The minimum Gasteiger partial charge on any atom is -0.493 e. The molecule has 0 spiro atoms. The fourth-order valence-electron chi connectivity index (χ4n) is 2.21. The molecule has 0 radical (unpaired) electrons. The van der Waals surface area contributed by atoms with E-state index in [0.29, 0.717) is 34.6 Å². The smallest absolute Gasteiger partial charge is 0.310 e. The monoisotopic (exact) mass is 405 g/mol. The largest absolute Gasteiger partial charge is 0.493 e. The molecule has 0 aliphatic heterocycles. The molecule has 0 bridgehead atoms. The zero-order chi connectivity index (χ0) is 20.7. The van der Waals surface area contributed by atoms with E-state index in [1.807, 2.05) is 13.8 Å². The minimum absolute atomic E-state index is 0.0581. The second-order valence-corrected chi connectivity index (χ2v) is 6.62. The van der Waals surface area contributed by atoms with Crippen LogP contribution in [-0.4, -0.2) is 29.5 Å². The van der Waals surface area contributed by atoms with E-state index in [9.17, 15) is 14.9 Å². The molecule has 1 N–H and O–H groups in total. The van der Waals surface area contributed by atoms with Crippen LogP contribution in [0.15, 0.2) is 36.7 Å². The number of nitro groups is 1.